The third-order valence-electron chi connectivity index (χ3n) is 8.44. The Kier molecular flexibility index (Phi) is 9.58. The number of nitrogens with one attached hydrogen (secondary N) is 3. The molecule has 49 heavy (non-hydrogen) atoms. The number of benzene rings is 2. The van der Waals surface area contributed by atoms with Crippen molar-refractivity contribution in [2.24, 2.45) is 0 Å². The average Bonchev–Trinajstić information content (AvgIpc) is 3.60. The lowest BCUT2D eigenvalue weighted by atomic mass is 9.94. The van der Waals surface area contributed by atoms with Gasteiger partial charge in [0.05, 0.1) is 47.4 Å². The first-order chi connectivity index (χ1) is 23.6. The van der Waals surface area contributed by atoms with Crippen molar-refractivity contribution in [3.8, 4) is 45.4 Å². The molecule has 1 aliphatic carbocycles. The van der Waals surface area contributed by atoms with E-state index in [9.17, 15) is 14.4 Å². The van der Waals surface area contributed by atoms with Gasteiger partial charge in [0.15, 0.2) is 17.1 Å². The predicted octanol–water partition coefficient (Wildman–Crippen LogP) is 5.02. The fraction of sp³-hybridized carbons (Fsp3) is 0.286. The molecule has 0 saturated carbocycles. The largest absolute Gasteiger partial charge is 0.497 e. The minimum absolute atomic E-state index is 0.0587. The summed E-state index contributed by atoms with van der Waals surface area (Å²) in [5.41, 5.74) is 3.52. The number of rotatable bonds is 10. The van der Waals surface area contributed by atoms with E-state index in [1.807, 2.05) is 12.1 Å². The van der Waals surface area contributed by atoms with E-state index in [2.05, 4.69) is 41.7 Å². The summed E-state index contributed by atoms with van der Waals surface area (Å²) in [6.07, 6.45) is 0.891. The molecule has 2 aromatic heterocycles. The number of fused-ring (bicyclic) bond motifs is 4. The summed E-state index contributed by atoms with van der Waals surface area (Å²) in [5, 5.41) is 13.0. The Morgan fingerprint density at radius 2 is 1.78 bits per heavy atom. The number of amides is 2. The summed E-state index contributed by atoms with van der Waals surface area (Å²) in [4.78, 5) is 44.3. The standard InChI is InChI=1S/C35H34BrN5O8/c1-17(42)38-25-11-8-19-12-27(46-3)33(47-4)34(48-5)30(19)22-13-23-24(15-29(44)37-16-28-39-35(36)41-40-28)31(18-6-9-20(45-2)10-7-18)49-32(23)26(43)14-21(22)25/h6-7,9-10,12-14,25H,8,11,15-16H2,1-5H3,(H,37,44)(H,38,42)(H,39,40,41)/t25-/m0/s1. The fourth-order valence-corrected chi connectivity index (χ4v) is 6.59. The van der Waals surface area contributed by atoms with Crippen LogP contribution in [0.3, 0.4) is 0 Å². The second-order valence-corrected chi connectivity index (χ2v) is 12.1. The number of nitrogens with zero attached hydrogens (tertiary/aromatic N) is 2. The Morgan fingerprint density at radius 1 is 1.02 bits per heavy atom. The van der Waals surface area contributed by atoms with Crippen LogP contribution in [0, 0.1) is 0 Å². The van der Waals surface area contributed by atoms with E-state index >= 15 is 0 Å². The van der Waals surface area contributed by atoms with Crippen LogP contribution >= 0.6 is 15.9 Å². The van der Waals surface area contributed by atoms with Gasteiger partial charge in [-0.05, 0) is 87.9 Å². The highest BCUT2D eigenvalue weighted by Gasteiger charge is 2.31. The third-order valence-corrected chi connectivity index (χ3v) is 8.80. The number of aromatic amines is 1. The monoisotopic (exact) mass is 731 g/mol. The van der Waals surface area contributed by atoms with Crippen LogP contribution in [0.15, 0.2) is 56.4 Å². The molecule has 2 amide bonds. The summed E-state index contributed by atoms with van der Waals surface area (Å²) < 4.78 is 29.5. The molecule has 0 radical (unpaired) electrons. The first-order valence-corrected chi connectivity index (χ1v) is 16.2. The molecule has 1 aliphatic rings. The van der Waals surface area contributed by atoms with Crippen LogP contribution < -0.4 is 35.0 Å². The van der Waals surface area contributed by atoms with Crippen LogP contribution in [0.5, 0.6) is 23.0 Å². The molecule has 3 N–H and O–H groups in total. The molecule has 1 atom stereocenters. The highest BCUT2D eigenvalue weighted by Crippen LogP contribution is 2.51. The number of carbonyl (C=O) groups excluding carboxylic acids is 2. The van der Waals surface area contributed by atoms with E-state index < -0.39 is 11.5 Å². The molecular weight excluding hydrogens is 698 g/mol. The highest BCUT2D eigenvalue weighted by atomic mass is 79.9. The Labute approximate surface area is 289 Å². The second kappa shape index (κ2) is 14.0. The number of aryl methyl sites for hydroxylation is 1. The van der Waals surface area contributed by atoms with Crippen molar-refractivity contribution in [3.63, 3.8) is 0 Å². The van der Waals surface area contributed by atoms with Crippen LogP contribution in [0.2, 0.25) is 0 Å². The normalized spacial score (nSPS) is 13.6. The summed E-state index contributed by atoms with van der Waals surface area (Å²) >= 11 is 3.20. The summed E-state index contributed by atoms with van der Waals surface area (Å²) in [6, 6.07) is 11.9. The molecule has 0 spiro atoms. The maximum Gasteiger partial charge on any atom is 0.224 e. The van der Waals surface area contributed by atoms with Crippen molar-refractivity contribution in [1.29, 1.82) is 0 Å². The minimum Gasteiger partial charge on any atom is -0.497 e. The van der Waals surface area contributed by atoms with Gasteiger partial charge < -0.3 is 34.0 Å². The van der Waals surface area contributed by atoms with E-state index in [4.69, 9.17) is 23.4 Å². The fourth-order valence-electron chi connectivity index (χ4n) is 6.29. The first kappa shape index (κ1) is 33.5. The molecule has 5 aromatic rings. The van der Waals surface area contributed by atoms with Crippen molar-refractivity contribution in [2.45, 2.75) is 38.8 Å². The molecule has 254 valence electrons. The zero-order valence-electron chi connectivity index (χ0n) is 27.5. The molecule has 0 fully saturated rings. The molecule has 13 nitrogen and oxygen atoms in total. The Morgan fingerprint density at radius 3 is 2.41 bits per heavy atom. The maximum absolute atomic E-state index is 14.2. The van der Waals surface area contributed by atoms with Gasteiger partial charge in [-0.3, -0.25) is 19.5 Å². The molecule has 0 bridgehead atoms. The van der Waals surface area contributed by atoms with Crippen molar-refractivity contribution >= 4 is 38.7 Å². The van der Waals surface area contributed by atoms with Crippen LogP contribution in [0.1, 0.15) is 41.9 Å². The molecule has 0 aliphatic heterocycles. The number of hydrogen-bond donors (Lipinski definition) is 3. The Balaban J connectivity index is 1.63. The summed E-state index contributed by atoms with van der Waals surface area (Å²) in [6.45, 7) is 1.54. The van der Waals surface area contributed by atoms with Crippen LogP contribution in [0.4, 0.5) is 0 Å². The van der Waals surface area contributed by atoms with Gasteiger partial charge in [0.25, 0.3) is 0 Å². The Bertz CT molecular complexity index is 2130. The van der Waals surface area contributed by atoms with Crippen molar-refractivity contribution < 1.29 is 33.0 Å². The van der Waals surface area contributed by atoms with Crippen molar-refractivity contribution in [1.82, 2.24) is 25.8 Å². The number of ether oxygens (including phenoxy) is 4. The van der Waals surface area contributed by atoms with Gasteiger partial charge in [0.2, 0.25) is 27.7 Å². The molecular formula is C35H34BrN5O8. The van der Waals surface area contributed by atoms with Gasteiger partial charge in [-0.15, -0.1) is 5.10 Å². The number of halogens is 1. The van der Waals surface area contributed by atoms with E-state index in [0.29, 0.717) is 85.4 Å². The minimum atomic E-state index is -0.514. The molecule has 14 heteroatoms. The number of aromatic nitrogens is 3. The highest BCUT2D eigenvalue weighted by molar-refractivity contribution is 9.10. The maximum atomic E-state index is 14.2. The van der Waals surface area contributed by atoms with Crippen LogP contribution in [-0.4, -0.2) is 55.4 Å². The Hall–Kier alpha value is -5.37. The second-order valence-electron chi connectivity index (χ2n) is 11.4. The number of methoxy groups -OCH3 is 4. The third kappa shape index (κ3) is 6.55. The molecule has 3 aromatic carbocycles. The number of carbonyl (C=O) groups is 2. The molecule has 0 saturated heterocycles. The lowest BCUT2D eigenvalue weighted by molar-refractivity contribution is -0.121. The smallest absolute Gasteiger partial charge is 0.224 e. The lowest BCUT2D eigenvalue weighted by Gasteiger charge is -2.20. The zero-order chi connectivity index (χ0) is 34.8. The van der Waals surface area contributed by atoms with Crippen molar-refractivity contribution in [3.05, 3.63) is 79.9 Å². The van der Waals surface area contributed by atoms with E-state index in [-0.39, 0.29) is 30.4 Å². The van der Waals surface area contributed by atoms with Gasteiger partial charge >= 0.3 is 0 Å². The van der Waals surface area contributed by atoms with E-state index in [0.717, 1.165) is 5.56 Å². The number of H-pyrrole nitrogens is 1. The molecule has 0 unspecified atom stereocenters. The topological polar surface area (TPSA) is 167 Å². The first-order valence-electron chi connectivity index (χ1n) is 15.4. The quantitative estimate of drug-likeness (QED) is 0.177. The van der Waals surface area contributed by atoms with Crippen LogP contribution in [0.25, 0.3) is 33.4 Å². The number of furan rings is 1. The average molecular weight is 733 g/mol. The van der Waals surface area contributed by atoms with Crippen LogP contribution in [-0.2, 0) is 29.0 Å². The zero-order valence-corrected chi connectivity index (χ0v) is 29.1. The van der Waals surface area contributed by atoms with Gasteiger partial charge in [0, 0.05) is 29.0 Å². The van der Waals surface area contributed by atoms with E-state index in [1.54, 1.807) is 38.5 Å². The molecule has 6 rings (SSSR count). The SMILES string of the molecule is COc1ccc(-c2oc3c(=O)cc4c(cc3c2CC(=O)NCc2nc(Br)n[nH]2)-c2c(cc(OC)c(OC)c2OC)CC[C@@H]4NC(C)=O)cc1. The van der Waals surface area contributed by atoms with Crippen molar-refractivity contribution in [2.75, 3.05) is 28.4 Å². The van der Waals surface area contributed by atoms with E-state index in [1.165, 1.54) is 27.2 Å². The lowest BCUT2D eigenvalue weighted by Crippen LogP contribution is -2.26. The summed E-state index contributed by atoms with van der Waals surface area (Å²) in [7, 11) is 6.17. The predicted molar refractivity (Wildman–Crippen MR) is 184 cm³/mol. The summed E-state index contributed by atoms with van der Waals surface area (Å²) in [5.74, 6) is 2.14. The molecule has 2 heterocycles. The van der Waals surface area contributed by atoms with Gasteiger partial charge in [0.1, 0.15) is 17.3 Å². The van der Waals surface area contributed by atoms with Gasteiger partial charge in [-0.25, -0.2) is 4.98 Å². The van der Waals surface area contributed by atoms with Gasteiger partial charge in [-0.1, -0.05) is 0 Å². The number of hydrogen-bond acceptors (Lipinski definition) is 10. The van der Waals surface area contributed by atoms with Gasteiger partial charge in [-0.2, -0.15) is 0 Å².